The molecule has 0 N–H and O–H groups in total. The van der Waals surface area contributed by atoms with Crippen molar-refractivity contribution in [2.24, 2.45) is 11.3 Å². The van der Waals surface area contributed by atoms with E-state index in [0.29, 0.717) is 11.3 Å². The van der Waals surface area contributed by atoms with Crippen LogP contribution in [0.3, 0.4) is 0 Å². The van der Waals surface area contributed by atoms with Crippen LogP contribution in [0.15, 0.2) is 15.9 Å². The molecule has 3 heteroatoms. The Hall–Kier alpha value is 0.470. The number of alkyl halides is 1. The maximum absolute atomic E-state index is 6.41. The molecule has 1 rings (SSSR count). The van der Waals surface area contributed by atoms with Crippen molar-refractivity contribution in [1.82, 2.24) is 0 Å². The van der Waals surface area contributed by atoms with Crippen LogP contribution in [0.5, 0.6) is 0 Å². The molecule has 2 atom stereocenters. The van der Waals surface area contributed by atoms with Gasteiger partial charge in [-0.25, -0.2) is 0 Å². The molecule has 0 fully saturated rings. The first kappa shape index (κ1) is 13.5. The standard InChI is InChI=1S/C12H18BrClS/c1-8(12(2,3)4)7-9(14)10-5-6-11(13)15-10/h5-6,8-9H,7H2,1-4H3. The highest BCUT2D eigenvalue weighted by atomic mass is 79.9. The van der Waals surface area contributed by atoms with Gasteiger partial charge in [0.05, 0.1) is 9.16 Å². The highest BCUT2D eigenvalue weighted by molar-refractivity contribution is 9.11. The third kappa shape index (κ3) is 4.08. The van der Waals surface area contributed by atoms with Crippen molar-refractivity contribution in [2.45, 2.75) is 39.5 Å². The van der Waals surface area contributed by atoms with E-state index >= 15 is 0 Å². The topological polar surface area (TPSA) is 0 Å². The van der Waals surface area contributed by atoms with Gasteiger partial charge in [-0.15, -0.1) is 22.9 Å². The molecule has 2 unspecified atom stereocenters. The van der Waals surface area contributed by atoms with Gasteiger partial charge in [0, 0.05) is 4.88 Å². The van der Waals surface area contributed by atoms with Crippen LogP contribution < -0.4 is 0 Å². The predicted octanol–water partition coefficient (Wildman–Crippen LogP) is 5.86. The third-order valence-electron chi connectivity index (χ3n) is 2.94. The van der Waals surface area contributed by atoms with Crippen LogP contribution in [0.2, 0.25) is 0 Å². The van der Waals surface area contributed by atoms with E-state index in [9.17, 15) is 0 Å². The van der Waals surface area contributed by atoms with Crippen molar-refractivity contribution in [1.29, 1.82) is 0 Å². The normalized spacial score (nSPS) is 16.4. The fourth-order valence-corrected chi connectivity index (χ4v) is 3.16. The molecule has 15 heavy (non-hydrogen) atoms. The Morgan fingerprint density at radius 1 is 1.40 bits per heavy atom. The molecule has 0 radical (unpaired) electrons. The quantitative estimate of drug-likeness (QED) is 0.613. The van der Waals surface area contributed by atoms with Crippen molar-refractivity contribution in [3.8, 4) is 0 Å². The minimum atomic E-state index is 0.149. The summed E-state index contributed by atoms with van der Waals surface area (Å²) < 4.78 is 1.16. The zero-order chi connectivity index (χ0) is 11.6. The number of thiophene rings is 1. The van der Waals surface area contributed by atoms with Crippen LogP contribution >= 0.6 is 38.9 Å². The summed E-state index contributed by atoms with van der Waals surface area (Å²) in [6.07, 6.45) is 1.04. The average molecular weight is 310 g/mol. The summed E-state index contributed by atoms with van der Waals surface area (Å²) in [5.74, 6) is 0.626. The lowest BCUT2D eigenvalue weighted by atomic mass is 9.79. The Kier molecular flexibility index (Phi) is 4.69. The van der Waals surface area contributed by atoms with Gasteiger partial charge in [-0.2, -0.15) is 0 Å². The molecule has 0 aliphatic carbocycles. The van der Waals surface area contributed by atoms with Crippen LogP contribution in [0.4, 0.5) is 0 Å². The van der Waals surface area contributed by atoms with E-state index in [4.69, 9.17) is 11.6 Å². The van der Waals surface area contributed by atoms with Crippen molar-refractivity contribution in [3.63, 3.8) is 0 Å². The van der Waals surface area contributed by atoms with Gasteiger partial charge in [0.1, 0.15) is 0 Å². The summed E-state index contributed by atoms with van der Waals surface area (Å²) in [5.41, 5.74) is 0.335. The molecule has 0 bridgehead atoms. The van der Waals surface area contributed by atoms with Gasteiger partial charge in [0.15, 0.2) is 0 Å². The van der Waals surface area contributed by atoms with Gasteiger partial charge in [-0.05, 0) is 45.8 Å². The number of rotatable bonds is 3. The Morgan fingerprint density at radius 3 is 2.40 bits per heavy atom. The molecule has 0 saturated heterocycles. The van der Waals surface area contributed by atoms with Crippen LogP contribution in [0, 0.1) is 11.3 Å². The smallest absolute Gasteiger partial charge is 0.0701 e. The van der Waals surface area contributed by atoms with Gasteiger partial charge in [-0.3, -0.25) is 0 Å². The molecule has 0 aliphatic rings. The first-order valence-electron chi connectivity index (χ1n) is 5.20. The maximum Gasteiger partial charge on any atom is 0.0701 e. The van der Waals surface area contributed by atoms with Crippen LogP contribution in [0.25, 0.3) is 0 Å². The molecular weight excluding hydrogens is 292 g/mol. The van der Waals surface area contributed by atoms with E-state index in [1.54, 1.807) is 11.3 Å². The first-order valence-corrected chi connectivity index (χ1v) is 7.24. The maximum atomic E-state index is 6.41. The predicted molar refractivity (Wildman–Crippen MR) is 73.8 cm³/mol. The molecule has 1 aromatic heterocycles. The summed E-state index contributed by atoms with van der Waals surface area (Å²) in [4.78, 5) is 1.26. The third-order valence-corrected chi connectivity index (χ3v) is 5.22. The van der Waals surface area contributed by atoms with Gasteiger partial charge in [-0.1, -0.05) is 27.7 Å². The molecule has 0 aliphatic heterocycles. The lowest BCUT2D eigenvalue weighted by molar-refractivity contribution is 0.245. The van der Waals surface area contributed by atoms with Gasteiger partial charge in [0.25, 0.3) is 0 Å². The Balaban J connectivity index is 2.60. The van der Waals surface area contributed by atoms with E-state index in [1.165, 1.54) is 4.88 Å². The van der Waals surface area contributed by atoms with E-state index in [2.05, 4.69) is 55.8 Å². The SMILES string of the molecule is CC(CC(Cl)c1ccc(Br)s1)C(C)(C)C. The Bertz CT molecular complexity index is 314. The minimum Gasteiger partial charge on any atom is -0.132 e. The number of hydrogen-bond donors (Lipinski definition) is 0. The van der Waals surface area contributed by atoms with Crippen LogP contribution in [-0.2, 0) is 0 Å². The Labute approximate surface area is 110 Å². The lowest BCUT2D eigenvalue weighted by Gasteiger charge is -2.28. The second-order valence-corrected chi connectivity index (χ2v) is 8.13. The minimum absolute atomic E-state index is 0.149. The van der Waals surface area contributed by atoms with E-state index in [0.717, 1.165) is 10.2 Å². The van der Waals surface area contributed by atoms with Crippen molar-refractivity contribution in [3.05, 3.63) is 20.8 Å². The molecule has 1 heterocycles. The molecular formula is C12H18BrClS. The van der Waals surface area contributed by atoms with Crippen molar-refractivity contribution in [2.75, 3.05) is 0 Å². The first-order chi connectivity index (χ1) is 6.80. The second-order valence-electron chi connectivity index (χ2n) is 5.11. The van der Waals surface area contributed by atoms with Crippen LogP contribution in [-0.4, -0.2) is 0 Å². The second kappa shape index (κ2) is 5.20. The molecule has 0 spiro atoms. The fraction of sp³-hybridized carbons (Fsp3) is 0.667. The molecule has 86 valence electrons. The van der Waals surface area contributed by atoms with Gasteiger partial charge in [0.2, 0.25) is 0 Å². The lowest BCUT2D eigenvalue weighted by Crippen LogP contribution is -2.18. The molecule has 0 nitrogen and oxygen atoms in total. The summed E-state index contributed by atoms with van der Waals surface area (Å²) >= 11 is 11.6. The largest absolute Gasteiger partial charge is 0.132 e. The highest BCUT2D eigenvalue weighted by Gasteiger charge is 2.23. The molecule has 1 aromatic rings. The molecule has 0 amide bonds. The average Bonchev–Trinajstić information content (AvgIpc) is 2.50. The van der Waals surface area contributed by atoms with E-state index in [-0.39, 0.29) is 5.38 Å². The molecule has 0 aromatic carbocycles. The summed E-state index contributed by atoms with van der Waals surface area (Å²) in [6.45, 7) is 9.08. The highest BCUT2D eigenvalue weighted by Crippen LogP contribution is 2.39. The van der Waals surface area contributed by atoms with E-state index < -0.39 is 0 Å². The van der Waals surface area contributed by atoms with E-state index in [1.807, 2.05) is 0 Å². The van der Waals surface area contributed by atoms with Gasteiger partial charge < -0.3 is 0 Å². The van der Waals surface area contributed by atoms with Crippen molar-refractivity contribution < 1.29 is 0 Å². The summed E-state index contributed by atoms with van der Waals surface area (Å²) in [5, 5.41) is 0.149. The zero-order valence-corrected chi connectivity index (χ0v) is 12.8. The zero-order valence-electron chi connectivity index (χ0n) is 9.68. The molecule has 0 saturated carbocycles. The number of halogens is 2. The van der Waals surface area contributed by atoms with Crippen LogP contribution in [0.1, 0.15) is 44.4 Å². The summed E-state index contributed by atoms with van der Waals surface area (Å²) in [6, 6.07) is 4.18. The van der Waals surface area contributed by atoms with Crippen molar-refractivity contribution >= 4 is 38.9 Å². The fourth-order valence-electron chi connectivity index (χ4n) is 1.28. The Morgan fingerprint density at radius 2 is 2.00 bits per heavy atom. The summed E-state index contributed by atoms with van der Waals surface area (Å²) in [7, 11) is 0. The number of hydrogen-bond acceptors (Lipinski definition) is 1. The monoisotopic (exact) mass is 308 g/mol. The van der Waals surface area contributed by atoms with Gasteiger partial charge >= 0.3 is 0 Å².